The van der Waals surface area contributed by atoms with Gasteiger partial charge in [0.2, 0.25) is 10.7 Å². The van der Waals surface area contributed by atoms with E-state index >= 15 is 0 Å². The van der Waals surface area contributed by atoms with E-state index < -0.39 is 46.5 Å². The lowest BCUT2D eigenvalue weighted by Crippen LogP contribution is -2.71. The number of rotatable bonds is 10. The van der Waals surface area contributed by atoms with Crippen LogP contribution in [0.15, 0.2) is 52.4 Å². The van der Waals surface area contributed by atoms with Crippen molar-refractivity contribution in [3.05, 3.63) is 52.9 Å². The molecule has 0 aromatic carbocycles. The number of aromatic nitrogens is 2. The van der Waals surface area contributed by atoms with Gasteiger partial charge >= 0.3 is 11.9 Å². The molecular weight excluding hydrogens is 540 g/mol. The van der Waals surface area contributed by atoms with Crippen LogP contribution in [0, 0.1) is 0 Å². The Morgan fingerprint density at radius 2 is 1.97 bits per heavy atom. The van der Waals surface area contributed by atoms with E-state index in [0.29, 0.717) is 11.3 Å². The average molecular weight is 564 g/mol. The van der Waals surface area contributed by atoms with Gasteiger partial charge in [-0.05, 0) is 13.8 Å². The minimum Gasteiger partial charge on any atom is -0.478 e. The summed E-state index contributed by atoms with van der Waals surface area (Å²) in [6.07, 6.45) is 3.57. The predicted molar refractivity (Wildman–Crippen MR) is 133 cm³/mol. The second kappa shape index (κ2) is 10.8. The van der Waals surface area contributed by atoms with Gasteiger partial charge in [0.05, 0.1) is 0 Å². The zero-order chi connectivity index (χ0) is 27.6. The van der Waals surface area contributed by atoms with Crippen molar-refractivity contribution in [1.29, 1.82) is 0 Å². The van der Waals surface area contributed by atoms with Gasteiger partial charge in [-0.2, -0.15) is 0 Å². The standard InChI is InChI=1S/C22H22N6O8S2/c1-22(2,20(33)34)36-26-13(12-10-38-21(23-12)25-35)16(29)24-14-17(30)28-15(19(31)32)11(9-37-18(14)28)8-27-6-4-3-5-7-27/h3-7,10,14,18H,8-9H2,1-2H3,(H4-,23,24,25,26,29,31,32,33,34,35)/p+1/t14-,18-/m1/s1. The highest BCUT2D eigenvalue weighted by molar-refractivity contribution is 8.00. The number of pyridine rings is 1. The van der Waals surface area contributed by atoms with E-state index in [-0.39, 0.29) is 23.1 Å². The van der Waals surface area contributed by atoms with E-state index in [4.69, 9.17) is 10.0 Å². The summed E-state index contributed by atoms with van der Waals surface area (Å²) in [5.41, 5.74) is 0.00105. The van der Waals surface area contributed by atoms with Gasteiger partial charge in [0, 0.05) is 28.8 Å². The van der Waals surface area contributed by atoms with Crippen LogP contribution in [0.2, 0.25) is 0 Å². The van der Waals surface area contributed by atoms with Crippen molar-refractivity contribution >= 4 is 57.7 Å². The summed E-state index contributed by atoms with van der Waals surface area (Å²) < 4.78 is 1.80. The Bertz CT molecular complexity index is 1340. The van der Waals surface area contributed by atoms with Gasteiger partial charge in [0.25, 0.3) is 11.8 Å². The van der Waals surface area contributed by atoms with Crippen molar-refractivity contribution in [3.63, 3.8) is 0 Å². The zero-order valence-electron chi connectivity index (χ0n) is 20.0. The van der Waals surface area contributed by atoms with Crippen molar-refractivity contribution < 1.29 is 44.0 Å². The quantitative estimate of drug-likeness (QED) is 0.115. The fourth-order valence-corrected chi connectivity index (χ4v) is 5.54. The van der Waals surface area contributed by atoms with Gasteiger partial charge in [0.1, 0.15) is 22.8 Å². The number of nitrogens with zero attached hydrogens (tertiary/aromatic N) is 4. The number of β-lactam (4-membered cyclic amide) rings is 1. The number of amides is 2. The molecule has 2 amide bonds. The summed E-state index contributed by atoms with van der Waals surface area (Å²) in [6, 6.07) is 4.38. The summed E-state index contributed by atoms with van der Waals surface area (Å²) in [5.74, 6) is -3.79. The monoisotopic (exact) mass is 563 g/mol. The molecule has 38 heavy (non-hydrogen) atoms. The molecule has 0 aliphatic carbocycles. The normalized spacial score (nSPS) is 19.4. The smallest absolute Gasteiger partial charge is 0.352 e. The molecule has 0 saturated carbocycles. The average Bonchev–Trinajstić information content (AvgIpc) is 3.36. The summed E-state index contributed by atoms with van der Waals surface area (Å²) >= 11 is 2.24. The number of carboxylic acids is 2. The number of oxime groups is 1. The van der Waals surface area contributed by atoms with Crippen LogP contribution >= 0.6 is 23.1 Å². The topological polar surface area (TPSA) is 195 Å². The third kappa shape index (κ3) is 5.32. The van der Waals surface area contributed by atoms with Crippen LogP contribution in [0.3, 0.4) is 0 Å². The number of carboxylic acid groups (broad SMARTS) is 2. The van der Waals surface area contributed by atoms with Crippen LogP contribution in [0.4, 0.5) is 5.13 Å². The van der Waals surface area contributed by atoms with Gasteiger partial charge in [-0.25, -0.2) is 24.6 Å². The molecule has 5 N–H and O–H groups in total. The van der Waals surface area contributed by atoms with Gasteiger partial charge in [-0.3, -0.25) is 19.7 Å². The fraction of sp³-hybridized carbons (Fsp3) is 0.318. The van der Waals surface area contributed by atoms with Crippen molar-refractivity contribution in [2.24, 2.45) is 5.16 Å². The van der Waals surface area contributed by atoms with E-state index in [2.05, 4.69) is 15.5 Å². The maximum Gasteiger partial charge on any atom is 0.352 e. The SMILES string of the molecule is CC(C)(O/N=C(\C(=O)N[C@@H]1C(=O)N2C(C(=O)O)=C(C[n+]3ccccc3)CS[C@H]12)c1csc(NO)n1)C(=O)O. The molecule has 2 aliphatic rings. The first-order chi connectivity index (χ1) is 18.0. The molecule has 0 bridgehead atoms. The lowest BCUT2D eigenvalue weighted by Gasteiger charge is -2.49. The molecular formula is C22H23N6O8S2+. The molecule has 0 unspecified atom stereocenters. The van der Waals surface area contributed by atoms with Crippen molar-refractivity contribution in [3.8, 4) is 0 Å². The van der Waals surface area contributed by atoms with Crippen molar-refractivity contribution in [1.82, 2.24) is 15.2 Å². The molecule has 14 nitrogen and oxygen atoms in total. The highest BCUT2D eigenvalue weighted by Crippen LogP contribution is 2.40. The molecule has 2 aromatic heterocycles. The number of hydrogen-bond acceptors (Lipinski definition) is 11. The maximum atomic E-state index is 13.2. The molecule has 4 rings (SSSR count). The van der Waals surface area contributed by atoms with Crippen LogP contribution in [-0.4, -0.2) is 77.5 Å². The van der Waals surface area contributed by atoms with Gasteiger partial charge in [-0.1, -0.05) is 11.2 Å². The summed E-state index contributed by atoms with van der Waals surface area (Å²) in [5, 5.41) is 35.2. The molecule has 2 aromatic rings. The van der Waals surface area contributed by atoms with Crippen LogP contribution < -0.4 is 15.4 Å². The predicted octanol–water partition coefficient (Wildman–Crippen LogP) is 0.254. The first-order valence-electron chi connectivity index (χ1n) is 11.0. The lowest BCUT2D eigenvalue weighted by atomic mass is 10.0. The fourth-order valence-electron chi connectivity index (χ4n) is 3.61. The number of thiazole rings is 1. The Hall–Kier alpha value is -4.02. The third-order valence-electron chi connectivity index (χ3n) is 5.62. The van der Waals surface area contributed by atoms with E-state index in [1.54, 1.807) is 17.0 Å². The number of fused-ring (bicyclic) bond motifs is 1. The number of hydrogen-bond donors (Lipinski definition) is 5. The molecule has 1 saturated heterocycles. The molecule has 2 atom stereocenters. The summed E-state index contributed by atoms with van der Waals surface area (Å²) in [6.45, 7) is 2.74. The van der Waals surface area contributed by atoms with Crippen LogP contribution in [0.25, 0.3) is 0 Å². The first kappa shape index (κ1) is 27.0. The van der Waals surface area contributed by atoms with E-state index in [1.165, 1.54) is 31.0 Å². The Morgan fingerprint density at radius 1 is 1.26 bits per heavy atom. The Morgan fingerprint density at radius 3 is 2.58 bits per heavy atom. The lowest BCUT2D eigenvalue weighted by molar-refractivity contribution is -0.689. The van der Waals surface area contributed by atoms with Crippen LogP contribution in [0.1, 0.15) is 19.5 Å². The summed E-state index contributed by atoms with van der Waals surface area (Å²) in [4.78, 5) is 59.9. The molecule has 200 valence electrons. The minimum atomic E-state index is -1.78. The van der Waals surface area contributed by atoms with E-state index in [9.17, 15) is 29.4 Å². The maximum absolute atomic E-state index is 13.2. The highest BCUT2D eigenvalue weighted by atomic mass is 32.2. The van der Waals surface area contributed by atoms with Crippen LogP contribution in [0.5, 0.6) is 0 Å². The summed E-state index contributed by atoms with van der Waals surface area (Å²) in [7, 11) is 0. The number of anilines is 1. The van der Waals surface area contributed by atoms with Crippen molar-refractivity contribution in [2.75, 3.05) is 11.2 Å². The number of thioether (sulfide) groups is 1. The second-order valence-corrected chi connectivity index (χ2v) is 10.6. The van der Waals surface area contributed by atoms with Gasteiger partial charge < -0.3 is 20.4 Å². The number of aliphatic carboxylic acids is 2. The molecule has 1 fully saturated rings. The third-order valence-corrected chi connectivity index (χ3v) is 7.71. The molecule has 2 aliphatic heterocycles. The first-order valence-corrected chi connectivity index (χ1v) is 13.0. The van der Waals surface area contributed by atoms with Gasteiger partial charge in [0.15, 0.2) is 24.7 Å². The Labute approximate surface area is 223 Å². The Balaban J connectivity index is 1.56. The second-order valence-electron chi connectivity index (χ2n) is 8.66. The highest BCUT2D eigenvalue weighted by Gasteiger charge is 2.54. The van der Waals surface area contributed by atoms with E-state index in [0.717, 1.165) is 16.2 Å². The molecule has 0 radical (unpaired) electrons. The Kier molecular flexibility index (Phi) is 7.66. The largest absolute Gasteiger partial charge is 0.478 e. The van der Waals surface area contributed by atoms with Crippen LogP contribution in [-0.2, 0) is 30.6 Å². The zero-order valence-corrected chi connectivity index (χ0v) is 21.7. The molecule has 16 heteroatoms. The molecule has 0 spiro atoms. The number of carbonyl (C=O) groups is 4. The van der Waals surface area contributed by atoms with Gasteiger partial charge in [-0.15, -0.1) is 23.1 Å². The number of carbonyl (C=O) groups excluding carboxylic acids is 2. The number of nitrogens with one attached hydrogen (secondary N) is 2. The minimum absolute atomic E-state index is 0.0341. The van der Waals surface area contributed by atoms with Crippen molar-refractivity contribution in [2.45, 2.75) is 37.4 Å². The van der Waals surface area contributed by atoms with E-state index in [1.807, 2.05) is 23.7 Å². The molecule has 4 heterocycles.